The van der Waals surface area contributed by atoms with Gasteiger partial charge in [-0.15, -0.1) is 11.3 Å². The summed E-state index contributed by atoms with van der Waals surface area (Å²) < 4.78 is 13.5. The van der Waals surface area contributed by atoms with Gasteiger partial charge in [-0.25, -0.2) is 9.37 Å². The molecule has 1 heterocycles. The number of thiazole rings is 1. The number of benzene rings is 1. The number of aliphatic hydroxyl groups excluding tert-OH is 1. The third-order valence-electron chi connectivity index (χ3n) is 2.40. The normalized spacial score (nSPS) is 12.7. The van der Waals surface area contributed by atoms with Gasteiger partial charge in [-0.05, 0) is 30.7 Å². The van der Waals surface area contributed by atoms with Gasteiger partial charge >= 0.3 is 0 Å². The van der Waals surface area contributed by atoms with Crippen LogP contribution in [-0.4, -0.2) is 10.1 Å². The van der Waals surface area contributed by atoms with E-state index in [1.54, 1.807) is 5.38 Å². The number of aromatic nitrogens is 1. The van der Waals surface area contributed by atoms with Gasteiger partial charge in [-0.3, -0.25) is 0 Å². The van der Waals surface area contributed by atoms with Crippen LogP contribution in [0, 0.1) is 12.7 Å². The molecule has 1 aromatic carbocycles. The van der Waals surface area contributed by atoms with Gasteiger partial charge in [0.05, 0.1) is 10.7 Å². The Morgan fingerprint density at radius 3 is 2.94 bits per heavy atom. The van der Waals surface area contributed by atoms with Crippen molar-refractivity contribution in [3.63, 3.8) is 0 Å². The lowest BCUT2D eigenvalue weighted by Crippen LogP contribution is -2.04. The Labute approximate surface area is 108 Å². The fourth-order valence-corrected chi connectivity index (χ4v) is 2.40. The Morgan fingerprint density at radius 2 is 2.29 bits per heavy atom. The quantitative estimate of drug-likeness (QED) is 0.927. The lowest BCUT2D eigenvalue weighted by Gasteiger charge is -2.09. The number of hydrogen-bond acceptors (Lipinski definition) is 3. The van der Waals surface area contributed by atoms with E-state index in [4.69, 9.17) is 11.6 Å². The van der Waals surface area contributed by atoms with E-state index >= 15 is 0 Å². The maximum Gasteiger partial charge on any atom is 0.126 e. The minimum Gasteiger partial charge on any atom is -0.386 e. The molecule has 1 atom stereocenters. The van der Waals surface area contributed by atoms with E-state index in [1.165, 1.54) is 29.5 Å². The van der Waals surface area contributed by atoms with Crippen molar-refractivity contribution in [2.24, 2.45) is 0 Å². The molecule has 5 heteroatoms. The van der Waals surface area contributed by atoms with Crippen LogP contribution < -0.4 is 0 Å². The number of rotatable bonds is 3. The van der Waals surface area contributed by atoms with Crippen molar-refractivity contribution in [3.05, 3.63) is 50.7 Å². The second kappa shape index (κ2) is 5.12. The molecule has 0 aliphatic carbocycles. The molecule has 1 N–H and O–H groups in total. The van der Waals surface area contributed by atoms with E-state index in [0.717, 1.165) is 5.01 Å². The summed E-state index contributed by atoms with van der Waals surface area (Å²) in [5.74, 6) is -0.361. The monoisotopic (exact) mass is 271 g/mol. The summed E-state index contributed by atoms with van der Waals surface area (Å²) in [5.41, 5.74) is 0.975. The SMILES string of the molecule is Cc1nc(C(O)Cc2cc(Cl)ccc2F)cs1. The van der Waals surface area contributed by atoms with Crippen LogP contribution in [-0.2, 0) is 6.42 Å². The summed E-state index contributed by atoms with van der Waals surface area (Å²) >= 11 is 7.25. The number of nitrogens with zero attached hydrogens (tertiary/aromatic N) is 1. The molecule has 0 spiro atoms. The smallest absolute Gasteiger partial charge is 0.126 e. The Kier molecular flexibility index (Phi) is 3.76. The molecule has 2 aromatic rings. The lowest BCUT2D eigenvalue weighted by atomic mass is 10.1. The number of hydrogen-bond donors (Lipinski definition) is 1. The number of aryl methyl sites for hydroxylation is 1. The van der Waals surface area contributed by atoms with Gasteiger partial charge in [-0.1, -0.05) is 11.6 Å². The predicted octanol–water partition coefficient (Wildman–Crippen LogP) is 3.52. The van der Waals surface area contributed by atoms with Crippen molar-refractivity contribution in [2.45, 2.75) is 19.4 Å². The fourth-order valence-electron chi connectivity index (χ4n) is 1.55. The first-order valence-electron chi connectivity index (χ1n) is 5.10. The summed E-state index contributed by atoms with van der Waals surface area (Å²) in [7, 11) is 0. The molecule has 17 heavy (non-hydrogen) atoms. The van der Waals surface area contributed by atoms with E-state index in [1.807, 2.05) is 6.92 Å². The van der Waals surface area contributed by atoms with Crippen LogP contribution in [0.3, 0.4) is 0 Å². The van der Waals surface area contributed by atoms with Crippen molar-refractivity contribution in [2.75, 3.05) is 0 Å². The average Bonchev–Trinajstić information content (AvgIpc) is 2.70. The summed E-state index contributed by atoms with van der Waals surface area (Å²) in [6.07, 6.45) is -0.622. The molecular weight excluding hydrogens is 261 g/mol. The molecule has 0 aliphatic heterocycles. The maximum atomic E-state index is 13.5. The molecule has 0 bridgehead atoms. The fraction of sp³-hybridized carbons (Fsp3) is 0.250. The van der Waals surface area contributed by atoms with Gasteiger partial charge < -0.3 is 5.11 Å². The molecule has 2 nitrogen and oxygen atoms in total. The highest BCUT2D eigenvalue weighted by Crippen LogP contribution is 2.23. The second-order valence-corrected chi connectivity index (χ2v) is 5.25. The van der Waals surface area contributed by atoms with E-state index in [2.05, 4.69) is 4.98 Å². The van der Waals surface area contributed by atoms with Crippen molar-refractivity contribution >= 4 is 22.9 Å². The zero-order chi connectivity index (χ0) is 12.4. The van der Waals surface area contributed by atoms with Crippen molar-refractivity contribution in [1.82, 2.24) is 4.98 Å². The Hall–Kier alpha value is -0.970. The Morgan fingerprint density at radius 1 is 1.53 bits per heavy atom. The Balaban J connectivity index is 2.18. The number of aliphatic hydroxyl groups is 1. The molecule has 2 rings (SSSR count). The summed E-state index contributed by atoms with van der Waals surface area (Å²) in [5, 5.41) is 13.1. The highest BCUT2D eigenvalue weighted by Gasteiger charge is 2.14. The highest BCUT2D eigenvalue weighted by molar-refractivity contribution is 7.09. The van der Waals surface area contributed by atoms with Gasteiger partial charge in [-0.2, -0.15) is 0 Å². The molecule has 90 valence electrons. The maximum absolute atomic E-state index is 13.5. The van der Waals surface area contributed by atoms with Crippen molar-refractivity contribution in [1.29, 1.82) is 0 Å². The summed E-state index contributed by atoms with van der Waals surface area (Å²) in [6, 6.07) is 4.32. The molecule has 1 unspecified atom stereocenters. The molecule has 0 aliphatic rings. The zero-order valence-electron chi connectivity index (χ0n) is 9.15. The molecule has 0 fully saturated rings. The van der Waals surface area contributed by atoms with E-state index in [-0.39, 0.29) is 12.2 Å². The highest BCUT2D eigenvalue weighted by atomic mass is 35.5. The average molecular weight is 272 g/mol. The Bertz CT molecular complexity index is 529. The van der Waals surface area contributed by atoms with Crippen LogP contribution in [0.1, 0.15) is 22.4 Å². The van der Waals surface area contributed by atoms with Crippen LogP contribution >= 0.6 is 22.9 Å². The van der Waals surface area contributed by atoms with Crippen LogP contribution in [0.25, 0.3) is 0 Å². The summed E-state index contributed by atoms with van der Waals surface area (Å²) in [4.78, 5) is 4.17. The van der Waals surface area contributed by atoms with Crippen LogP contribution in [0.4, 0.5) is 4.39 Å². The topological polar surface area (TPSA) is 33.1 Å². The first-order chi connectivity index (χ1) is 8.06. The minimum absolute atomic E-state index is 0.176. The van der Waals surface area contributed by atoms with E-state index < -0.39 is 6.10 Å². The molecule has 0 saturated carbocycles. The molecule has 0 saturated heterocycles. The number of halogens is 2. The predicted molar refractivity (Wildman–Crippen MR) is 66.9 cm³/mol. The standard InChI is InChI=1S/C12H11ClFNOS/c1-7-15-11(6-17-7)12(16)5-8-4-9(13)2-3-10(8)14/h2-4,6,12,16H,5H2,1H3. The van der Waals surface area contributed by atoms with Gasteiger partial charge in [0, 0.05) is 16.8 Å². The van der Waals surface area contributed by atoms with Gasteiger partial charge in [0.15, 0.2) is 0 Å². The van der Waals surface area contributed by atoms with Crippen LogP contribution in [0.2, 0.25) is 5.02 Å². The second-order valence-electron chi connectivity index (χ2n) is 3.75. The van der Waals surface area contributed by atoms with Crippen molar-refractivity contribution < 1.29 is 9.50 Å². The molecular formula is C12H11ClFNOS. The zero-order valence-corrected chi connectivity index (χ0v) is 10.7. The van der Waals surface area contributed by atoms with Gasteiger partial charge in [0.1, 0.15) is 11.9 Å². The first-order valence-corrected chi connectivity index (χ1v) is 6.36. The van der Waals surface area contributed by atoms with Gasteiger partial charge in [0.25, 0.3) is 0 Å². The molecule has 1 aromatic heterocycles. The van der Waals surface area contributed by atoms with E-state index in [9.17, 15) is 9.50 Å². The largest absolute Gasteiger partial charge is 0.386 e. The van der Waals surface area contributed by atoms with Crippen LogP contribution in [0.5, 0.6) is 0 Å². The molecule has 0 radical (unpaired) electrons. The lowest BCUT2D eigenvalue weighted by molar-refractivity contribution is 0.173. The molecule has 0 amide bonds. The third kappa shape index (κ3) is 3.03. The van der Waals surface area contributed by atoms with Gasteiger partial charge in [0.2, 0.25) is 0 Å². The first kappa shape index (κ1) is 12.5. The van der Waals surface area contributed by atoms with Crippen molar-refractivity contribution in [3.8, 4) is 0 Å². The van der Waals surface area contributed by atoms with E-state index in [0.29, 0.717) is 16.3 Å². The third-order valence-corrected chi connectivity index (χ3v) is 3.43. The minimum atomic E-state index is -0.798. The summed E-state index contributed by atoms with van der Waals surface area (Å²) in [6.45, 7) is 1.86. The van der Waals surface area contributed by atoms with Crippen LogP contribution in [0.15, 0.2) is 23.6 Å².